The Bertz CT molecular complexity index is 510. The average molecular weight is 304 g/mol. The van der Waals surface area contributed by atoms with Gasteiger partial charge in [-0.25, -0.2) is 8.78 Å². The van der Waals surface area contributed by atoms with Gasteiger partial charge in [0.25, 0.3) is 5.91 Å². The number of benzene rings is 1. The second-order valence-electron chi connectivity index (χ2n) is 4.93. The summed E-state index contributed by atoms with van der Waals surface area (Å²) in [5, 5.41) is 9.27. The van der Waals surface area contributed by atoms with Crippen molar-refractivity contribution >= 4 is 17.5 Å². The van der Waals surface area contributed by atoms with Crippen LogP contribution in [0.25, 0.3) is 0 Å². The molecule has 1 heterocycles. The largest absolute Gasteiger partial charge is 0.394 e. The van der Waals surface area contributed by atoms with Crippen molar-refractivity contribution in [2.24, 2.45) is 0 Å². The van der Waals surface area contributed by atoms with Crippen LogP contribution >= 0.6 is 11.6 Å². The van der Waals surface area contributed by atoms with Crippen molar-refractivity contribution in [1.29, 1.82) is 0 Å². The van der Waals surface area contributed by atoms with Gasteiger partial charge in [-0.1, -0.05) is 24.4 Å². The molecule has 0 bridgehead atoms. The van der Waals surface area contributed by atoms with E-state index in [0.717, 1.165) is 31.4 Å². The van der Waals surface area contributed by atoms with Gasteiger partial charge in [0, 0.05) is 6.54 Å². The first-order valence-corrected chi connectivity index (χ1v) is 6.98. The summed E-state index contributed by atoms with van der Waals surface area (Å²) < 4.78 is 26.3. The van der Waals surface area contributed by atoms with Gasteiger partial charge in [0.1, 0.15) is 0 Å². The lowest BCUT2D eigenvalue weighted by molar-refractivity contribution is 0.0599. The highest BCUT2D eigenvalue weighted by molar-refractivity contribution is 6.33. The summed E-state index contributed by atoms with van der Waals surface area (Å²) in [5.74, 6) is -2.65. The molecule has 1 aliphatic rings. The Morgan fingerprint density at radius 3 is 2.70 bits per heavy atom. The number of hydrogen-bond acceptors (Lipinski definition) is 2. The smallest absolute Gasteiger partial charge is 0.255 e. The van der Waals surface area contributed by atoms with E-state index in [1.807, 2.05) is 0 Å². The number of carbonyl (C=O) groups is 1. The molecule has 0 aliphatic carbocycles. The highest BCUT2D eigenvalue weighted by Crippen LogP contribution is 2.25. The minimum Gasteiger partial charge on any atom is -0.394 e. The van der Waals surface area contributed by atoms with E-state index < -0.39 is 17.5 Å². The molecule has 1 atom stereocenters. The molecule has 0 aromatic heterocycles. The van der Waals surface area contributed by atoms with Gasteiger partial charge < -0.3 is 10.0 Å². The number of nitrogens with zero attached hydrogens (tertiary/aromatic N) is 1. The van der Waals surface area contributed by atoms with E-state index >= 15 is 0 Å². The van der Waals surface area contributed by atoms with Crippen LogP contribution in [0.2, 0.25) is 5.02 Å². The fourth-order valence-corrected chi connectivity index (χ4v) is 2.71. The van der Waals surface area contributed by atoms with Crippen LogP contribution in [0.15, 0.2) is 12.1 Å². The Hall–Kier alpha value is -1.20. The molecule has 0 spiro atoms. The van der Waals surface area contributed by atoms with Crippen LogP contribution < -0.4 is 0 Å². The molecule has 0 radical (unpaired) electrons. The maximum Gasteiger partial charge on any atom is 0.255 e. The van der Waals surface area contributed by atoms with Crippen molar-refractivity contribution in [1.82, 2.24) is 4.90 Å². The highest BCUT2D eigenvalue weighted by atomic mass is 35.5. The van der Waals surface area contributed by atoms with E-state index in [1.165, 1.54) is 4.90 Å². The van der Waals surface area contributed by atoms with Gasteiger partial charge in [-0.2, -0.15) is 0 Å². The number of halogens is 3. The summed E-state index contributed by atoms with van der Waals surface area (Å²) in [4.78, 5) is 14.0. The highest BCUT2D eigenvalue weighted by Gasteiger charge is 2.27. The number of aliphatic hydroxyl groups excluding tert-OH is 1. The number of aliphatic hydroxyl groups is 1. The van der Waals surface area contributed by atoms with Gasteiger partial charge in [-0.05, 0) is 25.0 Å². The van der Waals surface area contributed by atoms with Crippen LogP contribution in [0, 0.1) is 11.6 Å². The Kier molecular flexibility index (Phi) is 4.94. The van der Waals surface area contributed by atoms with Crippen LogP contribution in [0.1, 0.15) is 36.0 Å². The molecule has 3 nitrogen and oxygen atoms in total. The molecule has 6 heteroatoms. The van der Waals surface area contributed by atoms with E-state index in [1.54, 1.807) is 0 Å². The lowest BCUT2D eigenvalue weighted by Gasteiger charge is -2.29. The lowest BCUT2D eigenvalue weighted by atomic mass is 10.1. The monoisotopic (exact) mass is 303 g/mol. The normalized spacial score (nSPS) is 19.8. The van der Waals surface area contributed by atoms with E-state index in [0.29, 0.717) is 13.0 Å². The van der Waals surface area contributed by atoms with Crippen LogP contribution in [-0.2, 0) is 0 Å². The number of hydrogen-bond donors (Lipinski definition) is 1. The molecule has 1 N–H and O–H groups in total. The minimum atomic E-state index is -1.10. The summed E-state index contributed by atoms with van der Waals surface area (Å²) in [5.41, 5.74) is -0.0640. The molecule has 1 aromatic rings. The minimum absolute atomic E-state index is 0.0640. The maximum absolute atomic E-state index is 13.3. The SMILES string of the molecule is O=C(c1cc(F)c(F)cc1Cl)N1CCCCCC1CO. The van der Waals surface area contributed by atoms with Crippen molar-refractivity contribution in [3.63, 3.8) is 0 Å². The first-order valence-electron chi connectivity index (χ1n) is 6.61. The van der Waals surface area contributed by atoms with Crippen LogP contribution in [-0.4, -0.2) is 35.1 Å². The van der Waals surface area contributed by atoms with Gasteiger partial charge in [-0.15, -0.1) is 0 Å². The Balaban J connectivity index is 2.31. The van der Waals surface area contributed by atoms with Crippen molar-refractivity contribution in [2.45, 2.75) is 31.7 Å². The molecule has 1 saturated heterocycles. The van der Waals surface area contributed by atoms with Crippen LogP contribution in [0.5, 0.6) is 0 Å². The molecule has 1 aliphatic heterocycles. The Morgan fingerprint density at radius 2 is 2.00 bits per heavy atom. The second kappa shape index (κ2) is 6.50. The predicted molar refractivity (Wildman–Crippen MR) is 71.7 cm³/mol. The maximum atomic E-state index is 13.3. The zero-order chi connectivity index (χ0) is 14.7. The van der Waals surface area contributed by atoms with Crippen molar-refractivity contribution in [3.8, 4) is 0 Å². The second-order valence-corrected chi connectivity index (χ2v) is 5.34. The van der Waals surface area contributed by atoms with E-state index in [-0.39, 0.29) is 23.2 Å². The number of likely N-dealkylation sites (tertiary alicyclic amines) is 1. The van der Waals surface area contributed by atoms with Crippen LogP contribution in [0.4, 0.5) is 8.78 Å². The average Bonchev–Trinajstić information content (AvgIpc) is 2.67. The third kappa shape index (κ3) is 3.10. The molecule has 2 rings (SSSR count). The number of rotatable bonds is 2. The number of carbonyl (C=O) groups excluding carboxylic acids is 1. The molecule has 1 aromatic carbocycles. The summed E-state index contributed by atoms with van der Waals surface area (Å²) in [6.45, 7) is 0.340. The first-order chi connectivity index (χ1) is 9.54. The summed E-state index contributed by atoms with van der Waals surface area (Å²) in [7, 11) is 0. The van der Waals surface area contributed by atoms with Crippen molar-refractivity contribution in [3.05, 3.63) is 34.4 Å². The van der Waals surface area contributed by atoms with Crippen molar-refractivity contribution < 1.29 is 18.7 Å². The quantitative estimate of drug-likeness (QED) is 0.853. The van der Waals surface area contributed by atoms with E-state index in [2.05, 4.69) is 0 Å². The molecule has 0 saturated carbocycles. The van der Waals surface area contributed by atoms with E-state index in [4.69, 9.17) is 11.6 Å². The van der Waals surface area contributed by atoms with Gasteiger partial charge in [0.15, 0.2) is 11.6 Å². The third-order valence-corrected chi connectivity index (χ3v) is 3.90. The summed E-state index contributed by atoms with van der Waals surface area (Å²) in [6, 6.07) is 1.32. The fraction of sp³-hybridized carbons (Fsp3) is 0.500. The summed E-state index contributed by atoms with van der Waals surface area (Å²) in [6.07, 6.45) is 3.43. The van der Waals surface area contributed by atoms with Gasteiger partial charge >= 0.3 is 0 Å². The molecule has 110 valence electrons. The molecule has 20 heavy (non-hydrogen) atoms. The molecule has 1 amide bonds. The standard InChI is InChI=1S/C14H16ClF2NO2/c15-11-7-13(17)12(16)6-10(11)14(20)18-5-3-1-2-4-9(18)8-19/h6-7,9,19H,1-5,8H2. The van der Waals surface area contributed by atoms with Gasteiger partial charge in [-0.3, -0.25) is 4.79 Å². The zero-order valence-corrected chi connectivity index (χ0v) is 11.7. The topological polar surface area (TPSA) is 40.5 Å². The zero-order valence-electron chi connectivity index (χ0n) is 10.9. The number of amides is 1. The lowest BCUT2D eigenvalue weighted by Crippen LogP contribution is -2.42. The van der Waals surface area contributed by atoms with Crippen LogP contribution in [0.3, 0.4) is 0 Å². The third-order valence-electron chi connectivity index (χ3n) is 3.59. The molecular weight excluding hydrogens is 288 g/mol. The Labute approximate surface area is 121 Å². The molecule has 1 fully saturated rings. The van der Waals surface area contributed by atoms with Crippen molar-refractivity contribution in [2.75, 3.05) is 13.2 Å². The molecule has 1 unspecified atom stereocenters. The van der Waals surface area contributed by atoms with Gasteiger partial charge in [0.05, 0.1) is 23.2 Å². The van der Waals surface area contributed by atoms with Gasteiger partial charge in [0.2, 0.25) is 0 Å². The molecular formula is C14H16ClF2NO2. The Morgan fingerprint density at radius 1 is 1.30 bits per heavy atom. The first kappa shape index (κ1) is 15.2. The van der Waals surface area contributed by atoms with E-state index in [9.17, 15) is 18.7 Å². The summed E-state index contributed by atoms with van der Waals surface area (Å²) >= 11 is 5.83. The predicted octanol–water partition coefficient (Wildman–Crippen LogP) is 3.00. The fourth-order valence-electron chi connectivity index (χ4n) is 2.48.